The SMILES string of the molecule is CCc1ccc(S(=O)(=O)Nc2ccc3c(c2)N(C(C)=O)CCC3)cc1. The van der Waals surface area contributed by atoms with Crippen molar-refractivity contribution in [1.82, 2.24) is 0 Å². The van der Waals surface area contributed by atoms with Crippen molar-refractivity contribution in [2.75, 3.05) is 16.2 Å². The third-order valence-electron chi connectivity index (χ3n) is 4.48. The molecule has 0 radical (unpaired) electrons. The zero-order chi connectivity index (χ0) is 18.0. The molecule has 0 unspecified atom stereocenters. The lowest BCUT2D eigenvalue weighted by Gasteiger charge is -2.29. The Bertz CT molecular complexity index is 889. The summed E-state index contributed by atoms with van der Waals surface area (Å²) < 4.78 is 27.8. The number of hydrogen-bond acceptors (Lipinski definition) is 3. The van der Waals surface area contributed by atoms with E-state index < -0.39 is 10.0 Å². The summed E-state index contributed by atoms with van der Waals surface area (Å²) in [4.78, 5) is 13.8. The molecule has 0 aliphatic carbocycles. The molecule has 1 heterocycles. The van der Waals surface area contributed by atoms with E-state index in [0.717, 1.165) is 36.1 Å². The fourth-order valence-electron chi connectivity index (χ4n) is 3.08. The van der Waals surface area contributed by atoms with Crippen LogP contribution in [0, 0.1) is 0 Å². The minimum atomic E-state index is -3.66. The number of carbonyl (C=O) groups is 1. The fraction of sp³-hybridized carbons (Fsp3) is 0.316. The largest absolute Gasteiger partial charge is 0.312 e. The Hall–Kier alpha value is -2.34. The van der Waals surface area contributed by atoms with E-state index in [2.05, 4.69) is 4.72 Å². The average Bonchev–Trinajstić information content (AvgIpc) is 2.60. The second-order valence-electron chi connectivity index (χ2n) is 6.22. The summed E-state index contributed by atoms with van der Waals surface area (Å²) in [5.74, 6) is -0.0314. The van der Waals surface area contributed by atoms with Crippen LogP contribution in [-0.2, 0) is 27.7 Å². The van der Waals surface area contributed by atoms with Crippen molar-refractivity contribution < 1.29 is 13.2 Å². The first kappa shape index (κ1) is 17.5. The molecule has 2 aromatic carbocycles. The lowest BCUT2D eigenvalue weighted by Crippen LogP contribution is -2.33. The lowest BCUT2D eigenvalue weighted by atomic mass is 10.0. The topological polar surface area (TPSA) is 66.5 Å². The van der Waals surface area contributed by atoms with Crippen LogP contribution in [0.4, 0.5) is 11.4 Å². The van der Waals surface area contributed by atoms with Gasteiger partial charge in [0, 0.05) is 19.2 Å². The van der Waals surface area contributed by atoms with Gasteiger partial charge < -0.3 is 4.90 Å². The van der Waals surface area contributed by atoms with E-state index in [1.807, 2.05) is 25.1 Å². The van der Waals surface area contributed by atoms with Gasteiger partial charge in [-0.2, -0.15) is 0 Å². The van der Waals surface area contributed by atoms with Crippen molar-refractivity contribution >= 4 is 27.3 Å². The molecule has 0 saturated carbocycles. The molecule has 132 valence electrons. The van der Waals surface area contributed by atoms with Crippen LogP contribution in [0.3, 0.4) is 0 Å². The van der Waals surface area contributed by atoms with E-state index in [1.54, 1.807) is 29.2 Å². The smallest absolute Gasteiger partial charge is 0.261 e. The maximum Gasteiger partial charge on any atom is 0.261 e. The monoisotopic (exact) mass is 358 g/mol. The van der Waals surface area contributed by atoms with E-state index in [-0.39, 0.29) is 10.8 Å². The number of amides is 1. The van der Waals surface area contributed by atoms with Crippen molar-refractivity contribution in [3.63, 3.8) is 0 Å². The van der Waals surface area contributed by atoms with Crippen molar-refractivity contribution in [1.29, 1.82) is 0 Å². The van der Waals surface area contributed by atoms with Gasteiger partial charge in [-0.1, -0.05) is 25.1 Å². The van der Waals surface area contributed by atoms with Crippen LogP contribution >= 0.6 is 0 Å². The fourth-order valence-corrected chi connectivity index (χ4v) is 4.13. The van der Waals surface area contributed by atoms with Gasteiger partial charge in [0.1, 0.15) is 0 Å². The quantitative estimate of drug-likeness (QED) is 0.911. The summed E-state index contributed by atoms with van der Waals surface area (Å²) in [6.45, 7) is 4.22. The van der Waals surface area contributed by atoms with E-state index in [4.69, 9.17) is 0 Å². The van der Waals surface area contributed by atoms with Gasteiger partial charge in [-0.15, -0.1) is 0 Å². The molecule has 0 saturated heterocycles. The first-order valence-corrected chi connectivity index (χ1v) is 9.92. The van der Waals surface area contributed by atoms with Crippen LogP contribution in [0.15, 0.2) is 47.4 Å². The summed E-state index contributed by atoms with van der Waals surface area (Å²) in [7, 11) is -3.66. The van der Waals surface area contributed by atoms with Crippen molar-refractivity contribution in [3.8, 4) is 0 Å². The molecule has 0 atom stereocenters. The highest BCUT2D eigenvalue weighted by Crippen LogP contribution is 2.31. The highest BCUT2D eigenvalue weighted by Gasteiger charge is 2.21. The van der Waals surface area contributed by atoms with Gasteiger partial charge in [0.2, 0.25) is 5.91 Å². The van der Waals surface area contributed by atoms with E-state index in [9.17, 15) is 13.2 Å². The Morgan fingerprint density at radius 2 is 1.88 bits per heavy atom. The molecule has 2 aromatic rings. The Morgan fingerprint density at radius 1 is 1.16 bits per heavy atom. The van der Waals surface area contributed by atoms with Gasteiger partial charge in [0.15, 0.2) is 0 Å². The van der Waals surface area contributed by atoms with Crippen molar-refractivity contribution in [3.05, 3.63) is 53.6 Å². The summed E-state index contributed by atoms with van der Waals surface area (Å²) in [6.07, 6.45) is 2.67. The second-order valence-corrected chi connectivity index (χ2v) is 7.90. The summed E-state index contributed by atoms with van der Waals surface area (Å²) in [5, 5.41) is 0. The van der Waals surface area contributed by atoms with Gasteiger partial charge in [0.05, 0.1) is 10.6 Å². The molecule has 1 N–H and O–H groups in total. The average molecular weight is 358 g/mol. The zero-order valence-electron chi connectivity index (χ0n) is 14.5. The van der Waals surface area contributed by atoms with Gasteiger partial charge in [-0.3, -0.25) is 9.52 Å². The van der Waals surface area contributed by atoms with Crippen molar-refractivity contribution in [2.24, 2.45) is 0 Å². The Kier molecular flexibility index (Phi) is 4.81. The number of nitrogens with one attached hydrogen (secondary N) is 1. The molecule has 0 bridgehead atoms. The van der Waals surface area contributed by atoms with Gasteiger partial charge in [0.25, 0.3) is 10.0 Å². The summed E-state index contributed by atoms with van der Waals surface area (Å²) in [6, 6.07) is 12.2. The first-order chi connectivity index (χ1) is 11.9. The Labute approximate surface area is 148 Å². The van der Waals surface area contributed by atoms with Crippen LogP contribution < -0.4 is 9.62 Å². The predicted molar refractivity (Wildman–Crippen MR) is 99.4 cm³/mol. The van der Waals surface area contributed by atoms with Crippen LogP contribution in [0.5, 0.6) is 0 Å². The number of anilines is 2. The second kappa shape index (κ2) is 6.88. The molecule has 6 heteroatoms. The van der Waals surface area contributed by atoms with E-state index in [1.165, 1.54) is 6.92 Å². The molecule has 0 spiro atoms. The minimum Gasteiger partial charge on any atom is -0.312 e. The molecule has 1 aliphatic heterocycles. The number of sulfonamides is 1. The van der Waals surface area contributed by atoms with Crippen LogP contribution in [0.1, 0.15) is 31.4 Å². The molecule has 25 heavy (non-hydrogen) atoms. The normalized spacial score (nSPS) is 14.1. The van der Waals surface area contributed by atoms with Crippen LogP contribution in [0.25, 0.3) is 0 Å². The minimum absolute atomic E-state index is 0.0314. The number of hydrogen-bond donors (Lipinski definition) is 1. The lowest BCUT2D eigenvalue weighted by molar-refractivity contribution is -0.116. The predicted octanol–water partition coefficient (Wildman–Crippen LogP) is 3.35. The molecular formula is C19H22N2O3S. The molecular weight excluding hydrogens is 336 g/mol. The summed E-state index contributed by atoms with van der Waals surface area (Å²) >= 11 is 0. The molecule has 5 nitrogen and oxygen atoms in total. The standard InChI is InChI=1S/C19H22N2O3S/c1-3-15-6-10-18(11-7-15)25(23,24)20-17-9-8-16-5-4-12-21(14(2)22)19(16)13-17/h6-11,13,20H,3-5,12H2,1-2H3. The number of carbonyl (C=O) groups excluding carboxylic acids is 1. The Morgan fingerprint density at radius 3 is 2.52 bits per heavy atom. The molecule has 1 amide bonds. The van der Waals surface area contributed by atoms with Gasteiger partial charge in [-0.25, -0.2) is 8.42 Å². The number of aryl methyl sites for hydroxylation is 2. The maximum absolute atomic E-state index is 12.6. The first-order valence-electron chi connectivity index (χ1n) is 8.43. The van der Waals surface area contributed by atoms with Crippen LogP contribution in [-0.4, -0.2) is 20.9 Å². The van der Waals surface area contributed by atoms with Gasteiger partial charge in [-0.05, 0) is 54.7 Å². The number of nitrogens with zero attached hydrogens (tertiary/aromatic N) is 1. The molecule has 0 aromatic heterocycles. The zero-order valence-corrected chi connectivity index (χ0v) is 15.3. The third-order valence-corrected chi connectivity index (χ3v) is 5.88. The molecule has 0 fully saturated rings. The highest BCUT2D eigenvalue weighted by molar-refractivity contribution is 7.92. The van der Waals surface area contributed by atoms with Crippen molar-refractivity contribution in [2.45, 2.75) is 38.0 Å². The highest BCUT2D eigenvalue weighted by atomic mass is 32.2. The number of benzene rings is 2. The Balaban J connectivity index is 1.89. The number of fused-ring (bicyclic) bond motifs is 1. The van der Waals surface area contributed by atoms with E-state index >= 15 is 0 Å². The maximum atomic E-state index is 12.6. The summed E-state index contributed by atoms with van der Waals surface area (Å²) in [5.41, 5.74) is 3.41. The third kappa shape index (κ3) is 3.69. The molecule has 3 rings (SSSR count). The van der Waals surface area contributed by atoms with Crippen LogP contribution in [0.2, 0.25) is 0 Å². The number of rotatable bonds is 4. The van der Waals surface area contributed by atoms with Gasteiger partial charge >= 0.3 is 0 Å². The molecule has 1 aliphatic rings. The van der Waals surface area contributed by atoms with E-state index in [0.29, 0.717) is 12.2 Å².